The Balaban J connectivity index is 1.65. The summed E-state index contributed by atoms with van der Waals surface area (Å²) in [6, 6.07) is 18.4. The van der Waals surface area contributed by atoms with Gasteiger partial charge in [-0.2, -0.15) is 0 Å². The first kappa shape index (κ1) is 16.6. The predicted octanol–water partition coefficient (Wildman–Crippen LogP) is 4.43. The van der Waals surface area contributed by atoms with E-state index in [4.69, 9.17) is 13.9 Å². The zero-order valence-corrected chi connectivity index (χ0v) is 14.1. The Morgan fingerprint density at radius 3 is 2.64 bits per heavy atom. The number of amides is 1. The molecule has 1 N–H and O–H groups in total. The van der Waals surface area contributed by atoms with Crippen LogP contribution in [0, 0.1) is 6.92 Å². The molecule has 0 aliphatic heterocycles. The van der Waals surface area contributed by atoms with E-state index in [0.717, 1.165) is 11.3 Å². The average Bonchev–Trinajstić information content (AvgIpc) is 3.10. The molecule has 0 saturated carbocycles. The van der Waals surface area contributed by atoms with Crippen LogP contribution in [-0.2, 0) is 6.61 Å². The van der Waals surface area contributed by atoms with Crippen LogP contribution in [0.25, 0.3) is 0 Å². The molecule has 0 bridgehead atoms. The minimum absolute atomic E-state index is 0.218. The molecule has 0 unspecified atom stereocenters. The molecule has 5 heteroatoms. The summed E-state index contributed by atoms with van der Waals surface area (Å²) in [4.78, 5) is 12.4. The van der Waals surface area contributed by atoms with E-state index in [0.29, 0.717) is 17.2 Å². The van der Waals surface area contributed by atoms with Gasteiger partial charge in [-0.15, -0.1) is 0 Å². The van der Waals surface area contributed by atoms with Crippen LogP contribution in [0.5, 0.6) is 11.5 Å². The number of methoxy groups -OCH3 is 1. The number of hydrogen-bond donors (Lipinski definition) is 1. The van der Waals surface area contributed by atoms with Gasteiger partial charge in [0, 0.05) is 0 Å². The molecule has 0 fully saturated rings. The van der Waals surface area contributed by atoms with E-state index in [9.17, 15) is 4.79 Å². The van der Waals surface area contributed by atoms with Crippen LogP contribution in [0.15, 0.2) is 65.1 Å². The molecule has 128 valence electrons. The minimum atomic E-state index is -0.338. The zero-order chi connectivity index (χ0) is 17.6. The van der Waals surface area contributed by atoms with Gasteiger partial charge in [0.05, 0.1) is 12.8 Å². The fraction of sp³-hybridized carbons (Fsp3) is 0.150. The number of ether oxygens (including phenoxy) is 2. The molecule has 1 heterocycles. The molecule has 0 atom stereocenters. The summed E-state index contributed by atoms with van der Waals surface area (Å²) in [5, 5.41) is 2.81. The van der Waals surface area contributed by atoms with Crippen molar-refractivity contribution < 1.29 is 18.7 Å². The molecular formula is C20H19NO4. The third-order valence-corrected chi connectivity index (χ3v) is 3.61. The van der Waals surface area contributed by atoms with Crippen molar-refractivity contribution in [3.8, 4) is 11.5 Å². The Hall–Kier alpha value is -3.21. The van der Waals surface area contributed by atoms with Gasteiger partial charge in [0.1, 0.15) is 23.9 Å². The molecule has 2 aromatic carbocycles. The third kappa shape index (κ3) is 4.20. The van der Waals surface area contributed by atoms with E-state index in [2.05, 4.69) is 5.32 Å². The topological polar surface area (TPSA) is 60.7 Å². The van der Waals surface area contributed by atoms with Gasteiger partial charge in [0.2, 0.25) is 0 Å². The Kier molecular flexibility index (Phi) is 5.04. The maximum absolute atomic E-state index is 12.4. The SMILES string of the molecule is COc1ccc(C)cc1NC(=O)c1ccc(COc2ccccc2)o1. The molecule has 1 aromatic heterocycles. The second-order valence-corrected chi connectivity index (χ2v) is 5.53. The zero-order valence-electron chi connectivity index (χ0n) is 14.1. The van der Waals surface area contributed by atoms with E-state index in [1.807, 2.05) is 55.5 Å². The third-order valence-electron chi connectivity index (χ3n) is 3.61. The van der Waals surface area contributed by atoms with Gasteiger partial charge >= 0.3 is 0 Å². The molecule has 25 heavy (non-hydrogen) atoms. The second-order valence-electron chi connectivity index (χ2n) is 5.53. The maximum atomic E-state index is 12.4. The molecule has 1 amide bonds. The first-order valence-corrected chi connectivity index (χ1v) is 7.88. The predicted molar refractivity (Wildman–Crippen MR) is 95.2 cm³/mol. The number of hydrogen-bond acceptors (Lipinski definition) is 4. The Morgan fingerprint density at radius 1 is 1.08 bits per heavy atom. The van der Waals surface area contributed by atoms with E-state index < -0.39 is 0 Å². The number of nitrogens with one attached hydrogen (secondary N) is 1. The van der Waals surface area contributed by atoms with E-state index >= 15 is 0 Å². The molecule has 3 rings (SSSR count). The maximum Gasteiger partial charge on any atom is 0.291 e. The number of furan rings is 1. The Morgan fingerprint density at radius 2 is 1.88 bits per heavy atom. The van der Waals surface area contributed by atoms with Crippen LogP contribution in [0.2, 0.25) is 0 Å². The number of aryl methyl sites for hydroxylation is 1. The highest BCUT2D eigenvalue weighted by Gasteiger charge is 2.14. The summed E-state index contributed by atoms with van der Waals surface area (Å²) < 4.78 is 16.4. The number of benzene rings is 2. The normalized spacial score (nSPS) is 10.3. The van der Waals surface area contributed by atoms with E-state index in [-0.39, 0.29) is 18.3 Å². The van der Waals surface area contributed by atoms with Gasteiger partial charge in [0.15, 0.2) is 5.76 Å². The summed E-state index contributed by atoms with van der Waals surface area (Å²) in [5.74, 6) is 1.79. The number of anilines is 1. The lowest BCUT2D eigenvalue weighted by molar-refractivity contribution is 0.0992. The van der Waals surface area contributed by atoms with Gasteiger partial charge in [-0.3, -0.25) is 4.79 Å². The fourth-order valence-electron chi connectivity index (χ4n) is 2.35. The molecule has 3 aromatic rings. The van der Waals surface area contributed by atoms with Gasteiger partial charge < -0.3 is 19.2 Å². The number of para-hydroxylation sites is 1. The highest BCUT2D eigenvalue weighted by molar-refractivity contribution is 6.03. The van der Waals surface area contributed by atoms with E-state index in [1.54, 1.807) is 19.2 Å². The highest BCUT2D eigenvalue weighted by atomic mass is 16.5. The average molecular weight is 337 g/mol. The number of rotatable bonds is 6. The second kappa shape index (κ2) is 7.57. The molecule has 0 aliphatic rings. The lowest BCUT2D eigenvalue weighted by atomic mass is 10.2. The van der Waals surface area contributed by atoms with Gasteiger partial charge in [0.25, 0.3) is 5.91 Å². The Bertz CT molecular complexity index is 855. The molecule has 5 nitrogen and oxygen atoms in total. The summed E-state index contributed by atoms with van der Waals surface area (Å²) in [7, 11) is 1.56. The van der Waals surface area contributed by atoms with Crippen LogP contribution in [0.3, 0.4) is 0 Å². The van der Waals surface area contributed by atoms with Crippen molar-refractivity contribution in [3.63, 3.8) is 0 Å². The Labute approximate surface area is 146 Å². The van der Waals surface area contributed by atoms with E-state index in [1.165, 1.54) is 0 Å². The van der Waals surface area contributed by atoms with Crippen LogP contribution >= 0.6 is 0 Å². The van der Waals surface area contributed by atoms with Crippen LogP contribution in [-0.4, -0.2) is 13.0 Å². The molecule has 0 radical (unpaired) electrons. The monoisotopic (exact) mass is 337 g/mol. The summed E-state index contributed by atoms with van der Waals surface area (Å²) in [6.45, 7) is 2.20. The summed E-state index contributed by atoms with van der Waals surface area (Å²) in [6.07, 6.45) is 0. The van der Waals surface area contributed by atoms with Crippen molar-refractivity contribution in [1.82, 2.24) is 0 Å². The van der Waals surface area contributed by atoms with Crippen LogP contribution < -0.4 is 14.8 Å². The van der Waals surface area contributed by atoms with Gasteiger partial charge in [-0.05, 0) is 48.9 Å². The molecular weight excluding hydrogens is 318 g/mol. The lowest BCUT2D eigenvalue weighted by Crippen LogP contribution is -2.12. The minimum Gasteiger partial charge on any atom is -0.495 e. The number of carbonyl (C=O) groups excluding carboxylic acids is 1. The quantitative estimate of drug-likeness (QED) is 0.723. The standard InChI is InChI=1S/C20H19NO4/c1-14-8-10-18(23-2)17(12-14)21-20(22)19-11-9-16(25-19)13-24-15-6-4-3-5-7-15/h3-12H,13H2,1-2H3,(H,21,22). The molecule has 0 spiro atoms. The first-order chi connectivity index (χ1) is 12.2. The van der Waals surface area contributed by atoms with Crippen molar-refractivity contribution in [2.75, 3.05) is 12.4 Å². The van der Waals surface area contributed by atoms with Crippen molar-refractivity contribution in [2.24, 2.45) is 0 Å². The van der Waals surface area contributed by atoms with Crippen molar-refractivity contribution in [2.45, 2.75) is 13.5 Å². The van der Waals surface area contributed by atoms with Gasteiger partial charge in [-0.1, -0.05) is 24.3 Å². The van der Waals surface area contributed by atoms with Crippen LogP contribution in [0.4, 0.5) is 5.69 Å². The van der Waals surface area contributed by atoms with Crippen LogP contribution in [0.1, 0.15) is 21.9 Å². The molecule has 0 saturated heterocycles. The van der Waals surface area contributed by atoms with Gasteiger partial charge in [-0.25, -0.2) is 0 Å². The highest BCUT2D eigenvalue weighted by Crippen LogP contribution is 2.26. The lowest BCUT2D eigenvalue weighted by Gasteiger charge is -2.10. The first-order valence-electron chi connectivity index (χ1n) is 7.88. The fourth-order valence-corrected chi connectivity index (χ4v) is 2.35. The number of carbonyl (C=O) groups is 1. The largest absolute Gasteiger partial charge is 0.495 e. The summed E-state index contributed by atoms with van der Waals surface area (Å²) >= 11 is 0. The molecule has 0 aliphatic carbocycles. The van der Waals surface area contributed by atoms with Crippen molar-refractivity contribution in [1.29, 1.82) is 0 Å². The van der Waals surface area contributed by atoms with Crippen molar-refractivity contribution in [3.05, 3.63) is 77.7 Å². The smallest absolute Gasteiger partial charge is 0.291 e. The summed E-state index contributed by atoms with van der Waals surface area (Å²) in [5.41, 5.74) is 1.62. The van der Waals surface area contributed by atoms with Crippen molar-refractivity contribution >= 4 is 11.6 Å².